The second-order valence-electron chi connectivity index (χ2n) is 6.00. The highest BCUT2D eigenvalue weighted by molar-refractivity contribution is 5.72. The summed E-state index contributed by atoms with van der Waals surface area (Å²) in [4.78, 5) is 12.8. The van der Waals surface area contributed by atoms with Gasteiger partial charge >= 0.3 is 0 Å². The van der Waals surface area contributed by atoms with Crippen LogP contribution in [0.25, 0.3) is 0 Å². The van der Waals surface area contributed by atoms with E-state index >= 15 is 0 Å². The lowest BCUT2D eigenvalue weighted by molar-refractivity contribution is -0.127. The summed E-state index contributed by atoms with van der Waals surface area (Å²) in [6.07, 6.45) is 11.6. The minimum absolute atomic E-state index is 0.174. The van der Waals surface area contributed by atoms with Crippen LogP contribution in [0.1, 0.15) is 63.9 Å². The molecule has 0 aromatic heterocycles. The third kappa shape index (κ3) is 9.28. The molecule has 1 amide bonds. The molecular weight excluding hydrogens is 258 g/mol. The molecule has 1 aromatic carbocycles. The van der Waals surface area contributed by atoms with Crippen molar-refractivity contribution in [2.75, 3.05) is 13.6 Å². The zero-order valence-corrected chi connectivity index (χ0v) is 13.8. The Morgan fingerprint density at radius 1 is 0.857 bits per heavy atom. The maximum absolute atomic E-state index is 11.0. The van der Waals surface area contributed by atoms with Crippen molar-refractivity contribution >= 4 is 5.91 Å². The molecule has 0 atom stereocenters. The van der Waals surface area contributed by atoms with Gasteiger partial charge in [0, 0.05) is 20.5 Å². The predicted molar refractivity (Wildman–Crippen MR) is 90.4 cm³/mol. The van der Waals surface area contributed by atoms with Crippen molar-refractivity contribution in [1.29, 1.82) is 0 Å². The summed E-state index contributed by atoms with van der Waals surface area (Å²) >= 11 is 0. The lowest BCUT2D eigenvalue weighted by Crippen LogP contribution is -2.24. The number of unbranched alkanes of at least 4 members (excludes halogenated alkanes) is 7. The maximum atomic E-state index is 11.0. The lowest BCUT2D eigenvalue weighted by Gasteiger charge is -2.13. The number of carbonyl (C=O) groups excluding carboxylic acids is 1. The minimum atomic E-state index is 0.174. The van der Waals surface area contributed by atoms with Crippen LogP contribution in [0.3, 0.4) is 0 Å². The molecule has 0 radical (unpaired) electrons. The van der Waals surface area contributed by atoms with Crippen LogP contribution in [0.5, 0.6) is 0 Å². The average molecular weight is 289 g/mol. The Bertz CT molecular complexity index is 374. The van der Waals surface area contributed by atoms with E-state index in [1.165, 1.54) is 56.9 Å². The zero-order chi connectivity index (χ0) is 15.3. The Labute approximate surface area is 130 Å². The zero-order valence-electron chi connectivity index (χ0n) is 13.8. The Morgan fingerprint density at radius 3 is 1.95 bits per heavy atom. The van der Waals surface area contributed by atoms with Gasteiger partial charge in [-0.3, -0.25) is 4.79 Å². The fourth-order valence-corrected chi connectivity index (χ4v) is 2.54. The number of nitrogens with zero attached hydrogens (tertiary/aromatic N) is 1. The number of benzene rings is 1. The van der Waals surface area contributed by atoms with Crippen LogP contribution >= 0.6 is 0 Å². The molecule has 0 aliphatic heterocycles. The van der Waals surface area contributed by atoms with E-state index in [0.29, 0.717) is 0 Å². The largest absolute Gasteiger partial charge is 0.346 e. The van der Waals surface area contributed by atoms with Gasteiger partial charge in [0.25, 0.3) is 0 Å². The highest BCUT2D eigenvalue weighted by Gasteiger charge is 2.00. The fourth-order valence-electron chi connectivity index (χ4n) is 2.54. The molecule has 0 spiro atoms. The van der Waals surface area contributed by atoms with E-state index in [4.69, 9.17) is 0 Å². The van der Waals surface area contributed by atoms with Gasteiger partial charge in [0.15, 0.2) is 0 Å². The normalized spacial score (nSPS) is 10.6. The molecule has 0 fully saturated rings. The molecule has 1 aromatic rings. The number of hydrogen-bond donors (Lipinski definition) is 0. The second kappa shape index (κ2) is 11.4. The van der Waals surface area contributed by atoms with Crippen LogP contribution in [-0.2, 0) is 11.2 Å². The fraction of sp³-hybridized carbons (Fsp3) is 0.632. The molecular formula is C19H31NO. The van der Waals surface area contributed by atoms with Gasteiger partial charge in [-0.2, -0.15) is 0 Å². The molecule has 1 rings (SSSR count). The highest BCUT2D eigenvalue weighted by Crippen LogP contribution is 2.11. The first-order valence-corrected chi connectivity index (χ1v) is 8.46. The van der Waals surface area contributed by atoms with Crippen molar-refractivity contribution in [2.45, 2.75) is 64.7 Å². The molecule has 0 saturated carbocycles. The third-order valence-corrected chi connectivity index (χ3v) is 4.09. The highest BCUT2D eigenvalue weighted by atomic mass is 16.2. The van der Waals surface area contributed by atoms with Crippen LogP contribution in [0.2, 0.25) is 0 Å². The summed E-state index contributed by atoms with van der Waals surface area (Å²) in [6.45, 7) is 2.54. The quantitative estimate of drug-likeness (QED) is 0.534. The van der Waals surface area contributed by atoms with Crippen LogP contribution in [0.4, 0.5) is 0 Å². The smallest absolute Gasteiger partial charge is 0.219 e. The van der Waals surface area contributed by atoms with Crippen molar-refractivity contribution in [3.63, 3.8) is 0 Å². The standard InChI is InChI=1S/C19H31NO/c1-18(21)20(2)17-13-8-6-4-3-5-7-10-14-19-15-11-9-12-16-19/h9,11-12,15-16H,3-8,10,13-14,17H2,1-2H3. The topological polar surface area (TPSA) is 20.3 Å². The van der Waals surface area contributed by atoms with Gasteiger partial charge in [-0.15, -0.1) is 0 Å². The van der Waals surface area contributed by atoms with Crippen LogP contribution in [0.15, 0.2) is 30.3 Å². The summed E-state index contributed by atoms with van der Waals surface area (Å²) in [5.41, 5.74) is 1.46. The number of aryl methyl sites for hydroxylation is 1. The van der Waals surface area contributed by atoms with E-state index in [2.05, 4.69) is 30.3 Å². The first kappa shape index (κ1) is 17.7. The van der Waals surface area contributed by atoms with Gasteiger partial charge in [0.05, 0.1) is 0 Å². The first-order valence-electron chi connectivity index (χ1n) is 8.46. The molecule has 0 bridgehead atoms. The number of carbonyl (C=O) groups is 1. The molecule has 0 heterocycles. The van der Waals surface area contributed by atoms with Gasteiger partial charge in [0.2, 0.25) is 5.91 Å². The van der Waals surface area contributed by atoms with E-state index in [1.54, 1.807) is 6.92 Å². The molecule has 0 N–H and O–H groups in total. The van der Waals surface area contributed by atoms with E-state index < -0.39 is 0 Å². The monoisotopic (exact) mass is 289 g/mol. The van der Waals surface area contributed by atoms with Crippen LogP contribution < -0.4 is 0 Å². The summed E-state index contributed by atoms with van der Waals surface area (Å²) in [5.74, 6) is 0.174. The summed E-state index contributed by atoms with van der Waals surface area (Å²) in [6, 6.07) is 10.8. The summed E-state index contributed by atoms with van der Waals surface area (Å²) in [7, 11) is 1.88. The molecule has 0 saturated heterocycles. The average Bonchev–Trinajstić information content (AvgIpc) is 2.49. The van der Waals surface area contributed by atoms with Crippen molar-refractivity contribution < 1.29 is 4.79 Å². The van der Waals surface area contributed by atoms with Crippen LogP contribution in [-0.4, -0.2) is 24.4 Å². The molecule has 0 aliphatic rings. The van der Waals surface area contributed by atoms with Crippen molar-refractivity contribution in [3.05, 3.63) is 35.9 Å². The molecule has 2 nitrogen and oxygen atoms in total. The van der Waals surface area contributed by atoms with Crippen LogP contribution in [0, 0.1) is 0 Å². The Kier molecular flexibility index (Phi) is 9.60. The van der Waals surface area contributed by atoms with E-state index in [0.717, 1.165) is 13.0 Å². The van der Waals surface area contributed by atoms with Crippen molar-refractivity contribution in [3.8, 4) is 0 Å². The third-order valence-electron chi connectivity index (χ3n) is 4.09. The van der Waals surface area contributed by atoms with Gasteiger partial charge in [-0.25, -0.2) is 0 Å². The lowest BCUT2D eigenvalue weighted by atomic mass is 10.0. The summed E-state index contributed by atoms with van der Waals surface area (Å²) in [5, 5.41) is 0. The molecule has 21 heavy (non-hydrogen) atoms. The van der Waals surface area contributed by atoms with Crippen molar-refractivity contribution in [2.24, 2.45) is 0 Å². The van der Waals surface area contributed by atoms with Gasteiger partial charge in [-0.05, 0) is 24.8 Å². The second-order valence-corrected chi connectivity index (χ2v) is 6.00. The minimum Gasteiger partial charge on any atom is -0.346 e. The molecule has 0 unspecified atom stereocenters. The molecule has 2 heteroatoms. The Morgan fingerprint density at radius 2 is 1.38 bits per heavy atom. The summed E-state index contributed by atoms with van der Waals surface area (Å²) < 4.78 is 0. The van der Waals surface area contributed by atoms with Gasteiger partial charge in [-0.1, -0.05) is 68.9 Å². The number of amides is 1. The van der Waals surface area contributed by atoms with E-state index in [1.807, 2.05) is 11.9 Å². The van der Waals surface area contributed by atoms with Crippen molar-refractivity contribution in [1.82, 2.24) is 4.90 Å². The van der Waals surface area contributed by atoms with E-state index in [9.17, 15) is 4.79 Å². The Balaban J connectivity index is 1.84. The van der Waals surface area contributed by atoms with E-state index in [-0.39, 0.29) is 5.91 Å². The first-order chi connectivity index (χ1) is 10.2. The predicted octanol–water partition coefficient (Wildman–Crippen LogP) is 4.83. The number of hydrogen-bond acceptors (Lipinski definition) is 1. The molecule has 118 valence electrons. The molecule has 0 aliphatic carbocycles. The SMILES string of the molecule is CC(=O)N(C)CCCCCCCCCCc1ccccc1. The maximum Gasteiger partial charge on any atom is 0.219 e. The van der Waals surface area contributed by atoms with Gasteiger partial charge < -0.3 is 4.90 Å². The Hall–Kier alpha value is -1.31. The number of rotatable bonds is 11. The van der Waals surface area contributed by atoms with Gasteiger partial charge in [0.1, 0.15) is 0 Å².